The van der Waals surface area contributed by atoms with E-state index in [1.165, 1.54) is 18.4 Å². The number of amides is 1. The van der Waals surface area contributed by atoms with Crippen LogP contribution in [0.3, 0.4) is 0 Å². The van der Waals surface area contributed by atoms with Gasteiger partial charge in [0.05, 0.1) is 23.9 Å². The summed E-state index contributed by atoms with van der Waals surface area (Å²) in [6.07, 6.45) is 8.26. The maximum atomic E-state index is 12.8. The van der Waals surface area contributed by atoms with E-state index >= 15 is 0 Å². The van der Waals surface area contributed by atoms with Crippen LogP contribution in [0.15, 0.2) is 30.6 Å². The zero-order valence-electron chi connectivity index (χ0n) is 18.3. The molecule has 7 nitrogen and oxygen atoms in total. The number of hydrogen-bond acceptors (Lipinski definition) is 5. The van der Waals surface area contributed by atoms with Crippen LogP contribution in [0.5, 0.6) is 0 Å². The van der Waals surface area contributed by atoms with Gasteiger partial charge in [-0.05, 0) is 69.9 Å². The van der Waals surface area contributed by atoms with Crippen LogP contribution in [0, 0.1) is 12.8 Å². The molecular weight excluding hydrogens is 376 g/mol. The third kappa shape index (κ3) is 5.26. The van der Waals surface area contributed by atoms with E-state index in [-0.39, 0.29) is 11.8 Å². The second-order valence-electron chi connectivity index (χ2n) is 8.82. The summed E-state index contributed by atoms with van der Waals surface area (Å²) in [5.41, 5.74) is 3.32. The van der Waals surface area contributed by atoms with E-state index in [0.717, 1.165) is 57.0 Å². The molecule has 1 amide bonds. The third-order valence-corrected chi connectivity index (χ3v) is 6.57. The summed E-state index contributed by atoms with van der Waals surface area (Å²) in [4.78, 5) is 22.1. The highest BCUT2D eigenvalue weighted by molar-refractivity contribution is 5.78. The number of aromatic nitrogens is 3. The van der Waals surface area contributed by atoms with Crippen molar-refractivity contribution in [3.63, 3.8) is 0 Å². The van der Waals surface area contributed by atoms with Gasteiger partial charge in [0.15, 0.2) is 0 Å². The van der Waals surface area contributed by atoms with Crippen molar-refractivity contribution < 1.29 is 4.79 Å². The number of likely N-dealkylation sites (tertiary alicyclic amines) is 2. The summed E-state index contributed by atoms with van der Waals surface area (Å²) in [6, 6.07) is 6.80. The van der Waals surface area contributed by atoms with Gasteiger partial charge in [0.25, 0.3) is 0 Å². The Morgan fingerprint density at radius 3 is 2.77 bits per heavy atom. The Hall–Kier alpha value is -2.25. The zero-order valence-corrected chi connectivity index (χ0v) is 18.3. The fourth-order valence-electron chi connectivity index (χ4n) is 4.90. The van der Waals surface area contributed by atoms with Crippen molar-refractivity contribution in [3.05, 3.63) is 47.5 Å². The molecule has 0 unspecified atom stereocenters. The summed E-state index contributed by atoms with van der Waals surface area (Å²) in [5.74, 6) is 0.286. The number of rotatable bonds is 6. The van der Waals surface area contributed by atoms with E-state index in [1.54, 1.807) is 0 Å². The third-order valence-electron chi connectivity index (χ3n) is 6.57. The first-order valence-electron chi connectivity index (χ1n) is 11.2. The van der Waals surface area contributed by atoms with Gasteiger partial charge in [0.2, 0.25) is 5.91 Å². The van der Waals surface area contributed by atoms with Crippen molar-refractivity contribution in [1.82, 2.24) is 29.9 Å². The van der Waals surface area contributed by atoms with Crippen LogP contribution in [0.25, 0.3) is 0 Å². The van der Waals surface area contributed by atoms with Gasteiger partial charge in [0, 0.05) is 38.6 Å². The van der Waals surface area contributed by atoms with E-state index in [9.17, 15) is 4.79 Å². The molecule has 0 aromatic carbocycles. The second-order valence-corrected chi connectivity index (χ2v) is 8.82. The van der Waals surface area contributed by atoms with E-state index in [1.807, 2.05) is 43.2 Å². The predicted octanol–water partition coefficient (Wildman–Crippen LogP) is 2.12. The Morgan fingerprint density at radius 2 is 2.07 bits per heavy atom. The van der Waals surface area contributed by atoms with E-state index in [2.05, 4.69) is 31.3 Å². The largest absolute Gasteiger partial charge is 0.350 e. The molecule has 4 rings (SSSR count). The molecule has 162 valence electrons. The first-order chi connectivity index (χ1) is 14.6. The lowest BCUT2D eigenvalue weighted by Crippen LogP contribution is -2.50. The van der Waals surface area contributed by atoms with Gasteiger partial charge >= 0.3 is 0 Å². The van der Waals surface area contributed by atoms with Crippen molar-refractivity contribution in [3.8, 4) is 0 Å². The molecule has 2 aromatic heterocycles. The number of nitrogens with one attached hydrogen (secondary N) is 1. The second kappa shape index (κ2) is 9.71. The molecule has 7 heteroatoms. The molecule has 0 radical (unpaired) electrons. The molecule has 0 saturated carbocycles. The average Bonchev–Trinajstić information content (AvgIpc) is 3.10. The SMILES string of the molecule is Cc1cc(CNC(=O)[C@@H]2CCCN(C3CCN(Cc4cccnc4)CC3)C2)n(C)n1. The van der Waals surface area contributed by atoms with E-state index in [0.29, 0.717) is 12.6 Å². The number of hydrogen-bond donors (Lipinski definition) is 1. The standard InChI is InChI=1S/C23H34N6O/c1-18-13-22(27(2)26-18)15-25-23(30)20-6-4-10-29(17-20)21-7-11-28(12-8-21)16-19-5-3-9-24-14-19/h3,5,9,13-14,20-21H,4,6-8,10-12,15-17H2,1-2H3,(H,25,30)/t20-/m1/s1. The Balaban J connectivity index is 1.24. The quantitative estimate of drug-likeness (QED) is 0.790. The maximum absolute atomic E-state index is 12.8. The molecule has 0 bridgehead atoms. The van der Waals surface area contributed by atoms with Gasteiger partial charge in [-0.3, -0.25) is 24.3 Å². The summed E-state index contributed by atoms with van der Waals surface area (Å²) >= 11 is 0. The smallest absolute Gasteiger partial charge is 0.224 e. The number of carbonyl (C=O) groups excluding carboxylic acids is 1. The molecule has 2 fully saturated rings. The van der Waals surface area contributed by atoms with Crippen molar-refractivity contribution >= 4 is 5.91 Å². The Labute approximate surface area is 179 Å². The molecule has 1 atom stereocenters. The van der Waals surface area contributed by atoms with Gasteiger partial charge in [-0.15, -0.1) is 0 Å². The number of carbonyl (C=O) groups is 1. The number of aryl methyl sites for hydroxylation is 2. The zero-order chi connectivity index (χ0) is 20.9. The molecule has 2 aromatic rings. The highest BCUT2D eigenvalue weighted by Gasteiger charge is 2.31. The van der Waals surface area contributed by atoms with E-state index in [4.69, 9.17) is 0 Å². The molecule has 30 heavy (non-hydrogen) atoms. The van der Waals surface area contributed by atoms with Crippen LogP contribution < -0.4 is 5.32 Å². The maximum Gasteiger partial charge on any atom is 0.224 e. The fourth-order valence-corrected chi connectivity index (χ4v) is 4.90. The first-order valence-corrected chi connectivity index (χ1v) is 11.2. The van der Waals surface area contributed by atoms with Crippen LogP contribution in [0.2, 0.25) is 0 Å². The number of piperidine rings is 2. The van der Waals surface area contributed by atoms with Crippen LogP contribution in [0.4, 0.5) is 0 Å². The first kappa shape index (κ1) is 21.0. The van der Waals surface area contributed by atoms with Crippen LogP contribution in [-0.4, -0.2) is 62.7 Å². The van der Waals surface area contributed by atoms with Crippen molar-refractivity contribution in [2.45, 2.75) is 51.7 Å². The molecule has 0 spiro atoms. The topological polar surface area (TPSA) is 66.3 Å². The van der Waals surface area contributed by atoms with Crippen LogP contribution >= 0.6 is 0 Å². The van der Waals surface area contributed by atoms with Crippen molar-refractivity contribution in [1.29, 1.82) is 0 Å². The molecule has 2 aliphatic rings. The van der Waals surface area contributed by atoms with Gasteiger partial charge < -0.3 is 5.32 Å². The van der Waals surface area contributed by atoms with Gasteiger partial charge in [-0.1, -0.05) is 6.07 Å². The summed E-state index contributed by atoms with van der Waals surface area (Å²) < 4.78 is 1.85. The minimum atomic E-state index is 0.0986. The van der Waals surface area contributed by atoms with Crippen LogP contribution in [0.1, 0.15) is 42.6 Å². The predicted molar refractivity (Wildman–Crippen MR) is 117 cm³/mol. The van der Waals surface area contributed by atoms with Crippen molar-refractivity contribution in [2.24, 2.45) is 13.0 Å². The van der Waals surface area contributed by atoms with E-state index < -0.39 is 0 Å². The number of nitrogens with zero attached hydrogens (tertiary/aromatic N) is 5. The monoisotopic (exact) mass is 410 g/mol. The van der Waals surface area contributed by atoms with Crippen molar-refractivity contribution in [2.75, 3.05) is 26.2 Å². The lowest BCUT2D eigenvalue weighted by molar-refractivity contribution is -0.127. The summed E-state index contributed by atoms with van der Waals surface area (Å²) in [7, 11) is 1.93. The van der Waals surface area contributed by atoms with Gasteiger partial charge in [-0.25, -0.2) is 0 Å². The lowest BCUT2D eigenvalue weighted by atomic mass is 9.93. The fraction of sp³-hybridized carbons (Fsp3) is 0.609. The Morgan fingerprint density at radius 1 is 1.23 bits per heavy atom. The molecule has 1 N–H and O–H groups in total. The summed E-state index contributed by atoms with van der Waals surface area (Å²) in [6.45, 7) is 7.77. The minimum Gasteiger partial charge on any atom is -0.350 e. The Bertz CT molecular complexity index is 827. The van der Waals surface area contributed by atoms with Gasteiger partial charge in [-0.2, -0.15) is 5.10 Å². The normalized spacial score (nSPS) is 21.6. The molecular formula is C23H34N6O. The highest BCUT2D eigenvalue weighted by Crippen LogP contribution is 2.24. The highest BCUT2D eigenvalue weighted by atomic mass is 16.1. The van der Waals surface area contributed by atoms with Crippen LogP contribution in [-0.2, 0) is 24.9 Å². The summed E-state index contributed by atoms with van der Waals surface area (Å²) in [5, 5.41) is 7.50. The molecule has 2 aliphatic heterocycles. The minimum absolute atomic E-state index is 0.0986. The molecule has 4 heterocycles. The molecule has 0 aliphatic carbocycles. The Kier molecular flexibility index (Phi) is 6.79. The lowest BCUT2D eigenvalue weighted by Gasteiger charge is -2.42. The average molecular weight is 411 g/mol. The molecule has 2 saturated heterocycles. The van der Waals surface area contributed by atoms with Gasteiger partial charge in [0.1, 0.15) is 0 Å². The number of pyridine rings is 1.